The summed E-state index contributed by atoms with van der Waals surface area (Å²) in [6.07, 6.45) is 0. The first-order chi connectivity index (χ1) is 6.36. The number of amides is 1. The van der Waals surface area contributed by atoms with Gasteiger partial charge in [0.15, 0.2) is 0 Å². The predicted octanol–water partition coefficient (Wildman–Crippen LogP) is 1.81. The minimum atomic E-state index is -0.448. The highest BCUT2D eigenvalue weighted by Crippen LogP contribution is 2.19. The van der Waals surface area contributed by atoms with Crippen molar-refractivity contribution in [3.8, 4) is 0 Å². The Morgan fingerprint density at radius 2 is 2.08 bits per heavy atom. The van der Waals surface area contributed by atoms with Gasteiger partial charge in [-0.1, -0.05) is 18.2 Å². The summed E-state index contributed by atoms with van der Waals surface area (Å²) >= 11 is 0. The van der Waals surface area contributed by atoms with Crippen molar-refractivity contribution in [2.75, 3.05) is 11.3 Å². The molecule has 1 aliphatic rings. The fraction of sp³-hybridized carbons (Fsp3) is 0.111. The summed E-state index contributed by atoms with van der Waals surface area (Å²) in [4.78, 5) is 11.2. The molecule has 3 nitrogen and oxygen atoms in total. The van der Waals surface area contributed by atoms with Crippen molar-refractivity contribution in [2.24, 2.45) is 0 Å². The molecule has 0 saturated heterocycles. The summed E-state index contributed by atoms with van der Waals surface area (Å²) in [5, 5.41) is 4.77. The lowest BCUT2D eigenvalue weighted by Gasteiger charge is -2.05. The second-order valence-corrected chi connectivity index (χ2v) is 4.22. The summed E-state index contributed by atoms with van der Waals surface area (Å²) in [6, 6.07) is 9.74. The smallest absolute Gasteiger partial charge is 0.292 e. The van der Waals surface area contributed by atoms with Crippen LogP contribution in [0.2, 0.25) is 0 Å². The zero-order chi connectivity index (χ0) is 9.10. The molecule has 1 atom stereocenters. The van der Waals surface area contributed by atoms with Crippen LogP contribution in [-0.2, 0) is 0 Å². The van der Waals surface area contributed by atoms with E-state index in [1.165, 1.54) is 0 Å². The zero-order valence-corrected chi connectivity index (χ0v) is 7.80. The van der Waals surface area contributed by atoms with Gasteiger partial charge in [0, 0.05) is 12.2 Å². The third-order valence-corrected chi connectivity index (χ3v) is 3.20. The first-order valence-corrected chi connectivity index (χ1v) is 5.31. The molecule has 1 heterocycles. The van der Waals surface area contributed by atoms with Crippen LogP contribution in [0.15, 0.2) is 30.3 Å². The highest BCUT2D eigenvalue weighted by Gasteiger charge is 2.11. The number of nitrogens with one attached hydrogen (secondary N) is 2. The van der Waals surface area contributed by atoms with Crippen molar-refractivity contribution in [1.82, 2.24) is 5.32 Å². The maximum atomic E-state index is 11.2. The molecule has 68 valence electrons. The van der Waals surface area contributed by atoms with E-state index in [4.69, 9.17) is 0 Å². The Kier molecular flexibility index (Phi) is 2.31. The zero-order valence-electron chi connectivity index (χ0n) is 6.99. The summed E-state index contributed by atoms with van der Waals surface area (Å²) in [7, 11) is -0.448. The Hall–Kier alpha value is -1.29. The molecule has 0 aliphatic carbocycles. The molecule has 0 spiro atoms. The van der Waals surface area contributed by atoms with E-state index in [0.717, 1.165) is 5.69 Å². The normalized spacial score (nSPS) is 20.6. The van der Waals surface area contributed by atoms with Crippen molar-refractivity contribution in [3.63, 3.8) is 0 Å². The second kappa shape index (κ2) is 3.62. The van der Waals surface area contributed by atoms with Crippen LogP contribution in [0.25, 0.3) is 0 Å². The molecule has 0 bridgehead atoms. The molecule has 4 heteroatoms. The van der Waals surface area contributed by atoms with Gasteiger partial charge in [0.25, 0.3) is 5.24 Å². The number of hydrogen-bond donors (Lipinski definition) is 2. The first kappa shape index (κ1) is 8.31. The molecule has 1 amide bonds. The molecule has 0 saturated carbocycles. The van der Waals surface area contributed by atoms with Crippen molar-refractivity contribution in [1.29, 1.82) is 0 Å². The van der Waals surface area contributed by atoms with Crippen LogP contribution in [0.1, 0.15) is 0 Å². The highest BCUT2D eigenvalue weighted by molar-refractivity contribution is 8.29. The van der Waals surface area contributed by atoms with Gasteiger partial charge in [-0.05, 0) is 28.2 Å². The molecule has 1 aliphatic heterocycles. The van der Waals surface area contributed by atoms with Gasteiger partial charge in [-0.15, -0.1) is 0 Å². The Morgan fingerprint density at radius 1 is 1.31 bits per heavy atom. The summed E-state index contributed by atoms with van der Waals surface area (Å²) in [6.45, 7) is 0.668. The molecule has 1 aromatic carbocycles. The average Bonchev–Trinajstić information content (AvgIpc) is 2.54. The third-order valence-electron chi connectivity index (χ3n) is 1.70. The molecule has 0 aromatic heterocycles. The number of para-hydroxylation sites is 1. The number of anilines is 1. The van der Waals surface area contributed by atoms with E-state index < -0.39 is 10.7 Å². The number of carbonyl (C=O) groups excluding carboxylic acids is 1. The van der Waals surface area contributed by atoms with Gasteiger partial charge in [-0.2, -0.15) is 0 Å². The number of benzene rings is 1. The van der Waals surface area contributed by atoms with E-state index in [9.17, 15) is 4.79 Å². The summed E-state index contributed by atoms with van der Waals surface area (Å²) in [5.41, 5.74) is 0.985. The number of carbonyl (C=O) groups is 1. The number of rotatable bonds is 2. The summed E-state index contributed by atoms with van der Waals surface area (Å²) < 4.78 is 3.15. The van der Waals surface area contributed by atoms with Gasteiger partial charge in [0.2, 0.25) is 0 Å². The lowest BCUT2D eigenvalue weighted by atomic mass is 10.3. The predicted molar refractivity (Wildman–Crippen MR) is 57.1 cm³/mol. The van der Waals surface area contributed by atoms with Gasteiger partial charge in [-0.25, -0.2) is 0 Å². The molecule has 1 aromatic rings. The second-order valence-electron chi connectivity index (χ2n) is 2.64. The van der Waals surface area contributed by atoms with E-state index in [2.05, 4.69) is 10.0 Å². The van der Waals surface area contributed by atoms with E-state index in [1.807, 2.05) is 35.7 Å². The van der Waals surface area contributed by atoms with E-state index in [0.29, 0.717) is 6.54 Å². The topological polar surface area (TPSA) is 41.1 Å². The van der Waals surface area contributed by atoms with E-state index >= 15 is 0 Å². The lowest BCUT2D eigenvalue weighted by molar-refractivity contribution is 0.262. The van der Waals surface area contributed by atoms with Crippen LogP contribution in [0.5, 0.6) is 0 Å². The maximum absolute atomic E-state index is 11.2. The van der Waals surface area contributed by atoms with Gasteiger partial charge in [0.05, 0.1) is 0 Å². The largest absolute Gasteiger partial charge is 0.342 e. The Bertz CT molecular complexity index is 348. The maximum Gasteiger partial charge on any atom is 0.292 e. The van der Waals surface area contributed by atoms with Crippen LogP contribution in [-0.4, -0.2) is 17.2 Å². The monoisotopic (exact) mass is 194 g/mol. The minimum Gasteiger partial charge on any atom is -0.342 e. The van der Waals surface area contributed by atoms with Crippen molar-refractivity contribution in [2.45, 2.75) is 0 Å². The molecule has 2 rings (SSSR count). The quantitative estimate of drug-likeness (QED) is 0.705. The lowest BCUT2D eigenvalue weighted by Crippen LogP contribution is -2.14. The standard InChI is InChI=1S/C9H10N2OS/c12-9-10-6-7-13(9)11-8-4-2-1-3-5-8/h1-5,7,11H,6H2,(H,10,12). The van der Waals surface area contributed by atoms with Crippen LogP contribution in [0, 0.1) is 0 Å². The number of hydrogen-bond acceptors (Lipinski definition) is 2. The third kappa shape index (κ3) is 1.89. The van der Waals surface area contributed by atoms with Gasteiger partial charge in [-0.3, -0.25) is 4.79 Å². The van der Waals surface area contributed by atoms with Crippen LogP contribution < -0.4 is 10.0 Å². The Morgan fingerprint density at radius 3 is 2.69 bits per heavy atom. The molecule has 0 fully saturated rings. The Balaban J connectivity index is 2.11. The van der Waals surface area contributed by atoms with Gasteiger partial charge in [0.1, 0.15) is 0 Å². The molecule has 2 N–H and O–H groups in total. The minimum absolute atomic E-state index is 0.0730. The summed E-state index contributed by atoms with van der Waals surface area (Å²) in [5.74, 6) is 0. The average molecular weight is 194 g/mol. The molecular formula is C9H10N2OS. The van der Waals surface area contributed by atoms with Gasteiger partial charge < -0.3 is 10.0 Å². The van der Waals surface area contributed by atoms with Crippen molar-refractivity contribution in [3.05, 3.63) is 30.3 Å². The highest BCUT2D eigenvalue weighted by atomic mass is 32.2. The Labute approximate surface area is 79.2 Å². The van der Waals surface area contributed by atoms with Crippen molar-refractivity contribution >= 4 is 27.0 Å². The fourth-order valence-electron chi connectivity index (χ4n) is 1.08. The van der Waals surface area contributed by atoms with Gasteiger partial charge >= 0.3 is 0 Å². The van der Waals surface area contributed by atoms with E-state index in [1.54, 1.807) is 0 Å². The molecule has 1 unspecified atom stereocenters. The SMILES string of the molecule is O=C1NCC=S1Nc1ccccc1. The first-order valence-electron chi connectivity index (χ1n) is 4.02. The van der Waals surface area contributed by atoms with Crippen molar-refractivity contribution < 1.29 is 4.79 Å². The molecular weight excluding hydrogens is 184 g/mol. The molecule has 0 radical (unpaired) electrons. The molecule has 13 heavy (non-hydrogen) atoms. The van der Waals surface area contributed by atoms with Crippen LogP contribution >= 0.6 is 10.7 Å². The fourth-order valence-corrected chi connectivity index (χ4v) is 2.29. The van der Waals surface area contributed by atoms with Crippen LogP contribution in [0.4, 0.5) is 10.5 Å². The van der Waals surface area contributed by atoms with Crippen LogP contribution in [0.3, 0.4) is 0 Å². The van der Waals surface area contributed by atoms with E-state index in [-0.39, 0.29) is 5.24 Å².